The molecule has 24 heavy (non-hydrogen) atoms. The average Bonchev–Trinajstić information content (AvgIpc) is 2.54. The Labute approximate surface area is 156 Å². The molecule has 1 aromatic carbocycles. The van der Waals surface area contributed by atoms with Crippen molar-refractivity contribution < 1.29 is 4.79 Å². The Morgan fingerprint density at radius 2 is 2.00 bits per heavy atom. The van der Waals surface area contributed by atoms with Gasteiger partial charge in [0, 0.05) is 5.02 Å². The van der Waals surface area contributed by atoms with E-state index in [0.717, 1.165) is 31.1 Å². The fraction of sp³-hybridized carbons (Fsp3) is 0.611. The lowest BCUT2D eigenvalue weighted by atomic mass is 9.93. The van der Waals surface area contributed by atoms with Gasteiger partial charge in [-0.15, -0.1) is 12.4 Å². The normalized spacial score (nSPS) is 17.1. The number of carbonyl (C=O) groups is 1. The van der Waals surface area contributed by atoms with E-state index in [1.165, 1.54) is 19.3 Å². The van der Waals surface area contributed by atoms with Gasteiger partial charge in [-0.3, -0.25) is 9.69 Å². The Balaban J connectivity index is 0.00000288. The first-order valence-electron chi connectivity index (χ1n) is 8.51. The van der Waals surface area contributed by atoms with Crippen molar-refractivity contribution in [2.75, 3.05) is 33.2 Å². The first-order valence-corrected chi connectivity index (χ1v) is 8.88. The summed E-state index contributed by atoms with van der Waals surface area (Å²) in [6.07, 6.45) is 3.62. The molecule has 0 aliphatic carbocycles. The highest BCUT2D eigenvalue weighted by molar-refractivity contribution is 6.31. The molecule has 0 spiro atoms. The lowest BCUT2D eigenvalue weighted by molar-refractivity contribution is -0.123. The highest BCUT2D eigenvalue weighted by Gasteiger charge is 2.21. The van der Waals surface area contributed by atoms with Crippen molar-refractivity contribution in [2.45, 2.75) is 32.2 Å². The zero-order valence-corrected chi connectivity index (χ0v) is 16.1. The van der Waals surface area contributed by atoms with Crippen LogP contribution in [-0.2, 0) is 4.79 Å². The number of hydrogen-bond acceptors (Lipinski definition) is 3. The highest BCUT2D eigenvalue weighted by Crippen LogP contribution is 2.22. The van der Waals surface area contributed by atoms with Gasteiger partial charge in [-0.2, -0.15) is 0 Å². The van der Waals surface area contributed by atoms with Crippen LogP contribution >= 0.6 is 24.0 Å². The second-order valence-electron chi connectivity index (χ2n) is 6.42. The van der Waals surface area contributed by atoms with Gasteiger partial charge in [-0.05, 0) is 70.4 Å². The van der Waals surface area contributed by atoms with Gasteiger partial charge >= 0.3 is 0 Å². The third-order valence-corrected chi connectivity index (χ3v) is 4.97. The highest BCUT2D eigenvalue weighted by atomic mass is 35.5. The molecule has 6 heteroatoms. The molecule has 1 heterocycles. The van der Waals surface area contributed by atoms with Crippen LogP contribution < -0.4 is 10.6 Å². The maximum atomic E-state index is 12.3. The molecule has 4 nitrogen and oxygen atoms in total. The molecule has 1 unspecified atom stereocenters. The molecule has 0 saturated carbocycles. The van der Waals surface area contributed by atoms with Gasteiger partial charge in [-0.1, -0.05) is 29.8 Å². The van der Waals surface area contributed by atoms with Gasteiger partial charge in [0.25, 0.3) is 0 Å². The van der Waals surface area contributed by atoms with Crippen LogP contribution in [0.25, 0.3) is 0 Å². The van der Waals surface area contributed by atoms with Crippen LogP contribution in [0.4, 0.5) is 0 Å². The number of hydrogen-bond donors (Lipinski definition) is 2. The predicted octanol–water partition coefficient (Wildman–Crippen LogP) is 3.26. The zero-order chi connectivity index (χ0) is 16.7. The summed E-state index contributed by atoms with van der Waals surface area (Å²) in [5.41, 5.74) is 0.966. The van der Waals surface area contributed by atoms with Crippen molar-refractivity contribution in [3.8, 4) is 0 Å². The van der Waals surface area contributed by atoms with Crippen molar-refractivity contribution >= 4 is 29.9 Å². The summed E-state index contributed by atoms with van der Waals surface area (Å²) in [6, 6.07) is 7.60. The summed E-state index contributed by atoms with van der Waals surface area (Å²) in [7, 11) is 2.00. The maximum Gasteiger partial charge on any atom is 0.234 e. The lowest BCUT2D eigenvalue weighted by Crippen LogP contribution is -2.42. The number of piperidine rings is 1. The molecular formula is C18H29Cl2N3O. The minimum Gasteiger partial charge on any atom is -0.348 e. The molecule has 1 aliphatic rings. The SMILES string of the molecule is CNCCC1CCN(CC(=O)NC(C)c2ccccc2Cl)CC1.Cl. The summed E-state index contributed by atoms with van der Waals surface area (Å²) < 4.78 is 0. The molecule has 1 amide bonds. The molecule has 0 radical (unpaired) electrons. The molecule has 1 atom stereocenters. The number of carbonyl (C=O) groups excluding carboxylic acids is 1. The van der Waals surface area contributed by atoms with Crippen LogP contribution in [-0.4, -0.2) is 44.0 Å². The van der Waals surface area contributed by atoms with Crippen molar-refractivity contribution in [3.05, 3.63) is 34.9 Å². The van der Waals surface area contributed by atoms with E-state index in [2.05, 4.69) is 15.5 Å². The van der Waals surface area contributed by atoms with Gasteiger partial charge < -0.3 is 10.6 Å². The van der Waals surface area contributed by atoms with E-state index in [1.54, 1.807) is 0 Å². The van der Waals surface area contributed by atoms with E-state index in [4.69, 9.17) is 11.6 Å². The largest absolute Gasteiger partial charge is 0.348 e. The van der Waals surface area contributed by atoms with E-state index in [9.17, 15) is 4.79 Å². The second kappa shape index (κ2) is 10.9. The van der Waals surface area contributed by atoms with Crippen LogP contribution in [0.2, 0.25) is 5.02 Å². The smallest absolute Gasteiger partial charge is 0.234 e. The summed E-state index contributed by atoms with van der Waals surface area (Å²) in [5.74, 6) is 0.870. The zero-order valence-electron chi connectivity index (χ0n) is 14.6. The van der Waals surface area contributed by atoms with Crippen molar-refractivity contribution in [1.29, 1.82) is 0 Å². The molecule has 1 aliphatic heterocycles. The minimum absolute atomic E-state index is 0. The van der Waals surface area contributed by atoms with Gasteiger partial charge in [0.2, 0.25) is 5.91 Å². The van der Waals surface area contributed by atoms with Crippen molar-refractivity contribution in [3.63, 3.8) is 0 Å². The maximum absolute atomic E-state index is 12.3. The van der Waals surface area contributed by atoms with E-state index in [1.807, 2.05) is 38.2 Å². The molecule has 0 bridgehead atoms. The minimum atomic E-state index is -0.0654. The van der Waals surface area contributed by atoms with Crippen LogP contribution in [0.5, 0.6) is 0 Å². The van der Waals surface area contributed by atoms with Crippen molar-refractivity contribution in [1.82, 2.24) is 15.5 Å². The third kappa shape index (κ3) is 6.60. The summed E-state index contributed by atoms with van der Waals surface area (Å²) in [6.45, 7) is 5.57. The Kier molecular flexibility index (Phi) is 9.67. The number of likely N-dealkylation sites (tertiary alicyclic amines) is 1. The van der Waals surface area contributed by atoms with Gasteiger partial charge in [-0.25, -0.2) is 0 Å². The quantitative estimate of drug-likeness (QED) is 0.770. The monoisotopic (exact) mass is 373 g/mol. The molecule has 136 valence electrons. The molecule has 2 rings (SSSR count). The Morgan fingerprint density at radius 3 is 2.62 bits per heavy atom. The van der Waals surface area contributed by atoms with Gasteiger partial charge in [0.1, 0.15) is 0 Å². The molecule has 2 N–H and O–H groups in total. The van der Waals surface area contributed by atoms with Crippen molar-refractivity contribution in [2.24, 2.45) is 5.92 Å². The number of halogens is 2. The predicted molar refractivity (Wildman–Crippen MR) is 103 cm³/mol. The molecule has 1 aromatic rings. The standard InChI is InChI=1S/C18H28ClN3O.ClH/c1-14(16-5-3-4-6-17(16)19)21-18(23)13-22-11-8-15(9-12-22)7-10-20-2;/h3-6,14-15,20H,7-13H2,1-2H3,(H,21,23);1H. The number of nitrogens with zero attached hydrogens (tertiary/aromatic N) is 1. The second-order valence-corrected chi connectivity index (χ2v) is 6.83. The number of benzene rings is 1. The summed E-state index contributed by atoms with van der Waals surface area (Å²) in [5, 5.41) is 6.97. The van der Waals surface area contributed by atoms with Crippen LogP contribution in [0, 0.1) is 5.92 Å². The fourth-order valence-corrected chi connectivity index (χ4v) is 3.48. The summed E-state index contributed by atoms with van der Waals surface area (Å²) >= 11 is 6.19. The van der Waals surface area contributed by atoms with E-state index in [-0.39, 0.29) is 24.4 Å². The molecular weight excluding hydrogens is 345 g/mol. The van der Waals surface area contributed by atoms with Crippen LogP contribution in [0.15, 0.2) is 24.3 Å². The number of amides is 1. The molecule has 1 saturated heterocycles. The van der Waals surface area contributed by atoms with Gasteiger partial charge in [0.15, 0.2) is 0 Å². The van der Waals surface area contributed by atoms with E-state index in [0.29, 0.717) is 11.6 Å². The first kappa shape index (κ1) is 21.2. The number of rotatable bonds is 7. The Bertz CT molecular complexity index is 505. The van der Waals surface area contributed by atoms with Gasteiger partial charge in [0.05, 0.1) is 12.6 Å². The first-order chi connectivity index (χ1) is 11.1. The third-order valence-electron chi connectivity index (χ3n) is 4.63. The average molecular weight is 374 g/mol. The van der Waals surface area contributed by atoms with E-state index >= 15 is 0 Å². The molecule has 0 aromatic heterocycles. The Morgan fingerprint density at radius 1 is 1.33 bits per heavy atom. The van der Waals surface area contributed by atoms with E-state index < -0.39 is 0 Å². The van der Waals surface area contributed by atoms with Crippen LogP contribution in [0.1, 0.15) is 37.8 Å². The Hall–Kier alpha value is -0.810. The van der Waals surface area contributed by atoms with Crippen LogP contribution in [0.3, 0.4) is 0 Å². The molecule has 1 fully saturated rings. The lowest BCUT2D eigenvalue weighted by Gasteiger charge is -2.31. The number of nitrogens with one attached hydrogen (secondary N) is 2. The summed E-state index contributed by atoms with van der Waals surface area (Å²) in [4.78, 5) is 14.5. The topological polar surface area (TPSA) is 44.4 Å². The fourth-order valence-electron chi connectivity index (χ4n) is 3.18.